The lowest BCUT2D eigenvalue weighted by molar-refractivity contribution is 0.0311. The van der Waals surface area contributed by atoms with Crippen molar-refractivity contribution in [3.63, 3.8) is 0 Å². The first-order valence-electron chi connectivity index (χ1n) is 14.1. The molecule has 0 radical (unpaired) electrons. The molecule has 0 atom stereocenters. The van der Waals surface area contributed by atoms with Crippen molar-refractivity contribution in [2.75, 3.05) is 65.7 Å². The Bertz CT molecular complexity index is 446. The lowest BCUT2D eigenvalue weighted by Gasteiger charge is -2.21. The zero-order valence-electron chi connectivity index (χ0n) is 22.6. The lowest BCUT2D eigenvalue weighted by Crippen LogP contribution is -2.31. The Labute approximate surface area is 211 Å². The van der Waals surface area contributed by atoms with Gasteiger partial charge in [-0.15, -0.1) is 0 Å². The molecule has 198 valence electrons. The van der Waals surface area contributed by atoms with Crippen LogP contribution in [0.25, 0.3) is 0 Å². The van der Waals surface area contributed by atoms with Gasteiger partial charge in [0, 0.05) is 39.0 Å². The number of ether oxygens (including phenoxy) is 2. The maximum Gasteiger partial charge on any atom is 0.0701 e. The topological polar surface area (TPSA) is 72.5 Å². The van der Waals surface area contributed by atoms with E-state index in [4.69, 9.17) is 20.0 Å². The average molecular weight is 479 g/mol. The number of unbranched alkanes of at least 4 members (excludes halogenated alkanes) is 10. The molecule has 0 unspecified atom stereocenters. The predicted molar refractivity (Wildman–Crippen MR) is 142 cm³/mol. The van der Waals surface area contributed by atoms with E-state index in [1.807, 2.05) is 0 Å². The molecule has 0 spiro atoms. The molecule has 6 nitrogen and oxygen atoms in total. The van der Waals surface area contributed by atoms with E-state index in [2.05, 4.69) is 35.8 Å². The first-order valence-corrected chi connectivity index (χ1v) is 14.1. The zero-order chi connectivity index (χ0) is 25.0. The summed E-state index contributed by atoms with van der Waals surface area (Å²) in [5.74, 6) is 0. The van der Waals surface area contributed by atoms with Crippen LogP contribution in [0.5, 0.6) is 0 Å². The van der Waals surface area contributed by atoms with E-state index in [0.717, 1.165) is 39.3 Å². The van der Waals surface area contributed by atoms with Crippen LogP contribution in [0.15, 0.2) is 0 Å². The molecule has 0 saturated heterocycles. The maximum absolute atomic E-state index is 8.91. The van der Waals surface area contributed by atoms with Gasteiger partial charge in [0.15, 0.2) is 0 Å². The zero-order valence-corrected chi connectivity index (χ0v) is 22.6. The Morgan fingerprint density at radius 1 is 0.471 bits per heavy atom. The van der Waals surface area contributed by atoms with Gasteiger partial charge in [0.2, 0.25) is 0 Å². The Morgan fingerprint density at radius 2 is 0.853 bits per heavy atom. The van der Waals surface area contributed by atoms with Crippen LogP contribution in [0.4, 0.5) is 0 Å². The molecule has 0 fully saturated rings. The highest BCUT2D eigenvalue weighted by molar-refractivity contribution is 4.73. The molecular weight excluding hydrogens is 424 g/mol. The van der Waals surface area contributed by atoms with E-state index in [1.165, 1.54) is 77.0 Å². The molecule has 0 N–H and O–H groups in total. The molecule has 6 heteroatoms. The maximum atomic E-state index is 8.91. The average Bonchev–Trinajstić information content (AvgIpc) is 2.85. The summed E-state index contributed by atoms with van der Waals surface area (Å²) in [4.78, 5) is 4.72. The molecule has 0 aromatic heterocycles. The van der Waals surface area contributed by atoms with Crippen molar-refractivity contribution in [1.82, 2.24) is 9.80 Å². The largest absolute Gasteiger partial charge is 0.378 e. The first kappa shape index (κ1) is 32.8. The van der Waals surface area contributed by atoms with Gasteiger partial charge in [-0.05, 0) is 25.9 Å². The van der Waals surface area contributed by atoms with Gasteiger partial charge < -0.3 is 19.3 Å². The Kier molecular flexibility index (Phi) is 27.1. The summed E-state index contributed by atoms with van der Waals surface area (Å²) in [5.41, 5.74) is 0. The minimum atomic E-state index is 0.583. The molecule has 0 saturated carbocycles. The van der Waals surface area contributed by atoms with E-state index < -0.39 is 0 Å². The van der Waals surface area contributed by atoms with Gasteiger partial charge in [-0.3, -0.25) is 0 Å². The second-order valence-electron chi connectivity index (χ2n) is 9.26. The summed E-state index contributed by atoms with van der Waals surface area (Å²) in [5, 5.41) is 17.8. The highest BCUT2D eigenvalue weighted by Gasteiger charge is 2.06. The fourth-order valence-electron chi connectivity index (χ4n) is 4.03. The molecule has 0 heterocycles. The van der Waals surface area contributed by atoms with Gasteiger partial charge in [-0.1, -0.05) is 78.1 Å². The van der Waals surface area contributed by atoms with Gasteiger partial charge >= 0.3 is 0 Å². The molecule has 0 aliphatic heterocycles. The van der Waals surface area contributed by atoms with Crippen LogP contribution in [0.1, 0.15) is 104 Å². The Balaban J connectivity index is 3.82. The van der Waals surface area contributed by atoms with Crippen LogP contribution in [0.2, 0.25) is 0 Å². The summed E-state index contributed by atoms with van der Waals surface area (Å²) in [6.45, 7) is 12.7. The number of hydrogen-bond acceptors (Lipinski definition) is 6. The van der Waals surface area contributed by atoms with Crippen LogP contribution in [-0.2, 0) is 9.47 Å². The SMILES string of the molecule is CCCCCCCCN(CCC#N)CCOCCOCCN(CCC#N)CCCCCCCC. The smallest absolute Gasteiger partial charge is 0.0701 e. The van der Waals surface area contributed by atoms with Crippen LogP contribution < -0.4 is 0 Å². The van der Waals surface area contributed by atoms with Gasteiger partial charge in [0.1, 0.15) is 0 Å². The highest BCUT2D eigenvalue weighted by atomic mass is 16.5. The van der Waals surface area contributed by atoms with Crippen molar-refractivity contribution in [3.8, 4) is 12.1 Å². The Hall–Kier alpha value is -1.18. The van der Waals surface area contributed by atoms with Crippen molar-refractivity contribution in [2.45, 2.75) is 104 Å². The van der Waals surface area contributed by atoms with Crippen LogP contribution in [0.3, 0.4) is 0 Å². The monoisotopic (exact) mass is 478 g/mol. The molecular formula is C28H54N4O2. The quantitative estimate of drug-likeness (QED) is 0.131. The number of hydrogen-bond donors (Lipinski definition) is 0. The molecule has 0 bridgehead atoms. The third-order valence-electron chi connectivity index (χ3n) is 6.21. The Morgan fingerprint density at radius 3 is 1.24 bits per heavy atom. The molecule has 0 rings (SSSR count). The summed E-state index contributed by atoms with van der Waals surface area (Å²) in [7, 11) is 0. The van der Waals surface area contributed by atoms with Crippen molar-refractivity contribution < 1.29 is 9.47 Å². The minimum Gasteiger partial charge on any atom is -0.378 e. The second-order valence-corrected chi connectivity index (χ2v) is 9.26. The van der Waals surface area contributed by atoms with Gasteiger partial charge in [-0.2, -0.15) is 10.5 Å². The van der Waals surface area contributed by atoms with Crippen LogP contribution in [-0.4, -0.2) is 75.5 Å². The first-order chi connectivity index (χ1) is 16.8. The normalized spacial score (nSPS) is 11.2. The van der Waals surface area contributed by atoms with Crippen molar-refractivity contribution in [3.05, 3.63) is 0 Å². The van der Waals surface area contributed by atoms with Crippen molar-refractivity contribution in [2.24, 2.45) is 0 Å². The van der Waals surface area contributed by atoms with Crippen molar-refractivity contribution >= 4 is 0 Å². The van der Waals surface area contributed by atoms with Gasteiger partial charge in [0.05, 0.1) is 38.6 Å². The molecule has 0 aliphatic carbocycles. The van der Waals surface area contributed by atoms with Gasteiger partial charge in [0.25, 0.3) is 0 Å². The highest BCUT2D eigenvalue weighted by Crippen LogP contribution is 2.07. The predicted octanol–water partition coefficient (Wildman–Crippen LogP) is 6.17. The van der Waals surface area contributed by atoms with E-state index in [0.29, 0.717) is 39.3 Å². The molecule has 34 heavy (non-hydrogen) atoms. The van der Waals surface area contributed by atoms with Crippen LogP contribution in [0, 0.1) is 22.7 Å². The number of nitriles is 2. The fourth-order valence-corrected chi connectivity index (χ4v) is 4.03. The summed E-state index contributed by atoms with van der Waals surface area (Å²) in [6, 6.07) is 4.53. The van der Waals surface area contributed by atoms with E-state index in [9.17, 15) is 0 Å². The molecule has 0 aromatic carbocycles. The number of nitrogens with zero attached hydrogens (tertiary/aromatic N) is 4. The number of rotatable bonds is 27. The molecule has 0 aromatic rings. The summed E-state index contributed by atoms with van der Waals surface area (Å²) >= 11 is 0. The van der Waals surface area contributed by atoms with Gasteiger partial charge in [-0.25, -0.2) is 0 Å². The third-order valence-corrected chi connectivity index (χ3v) is 6.21. The summed E-state index contributed by atoms with van der Waals surface area (Å²) < 4.78 is 11.6. The summed E-state index contributed by atoms with van der Waals surface area (Å²) in [6.07, 6.45) is 16.7. The fraction of sp³-hybridized carbons (Fsp3) is 0.929. The van der Waals surface area contributed by atoms with Crippen LogP contribution >= 0.6 is 0 Å². The standard InChI is InChI=1S/C28H54N4O2/c1-3-5-7-9-11-13-19-31(21-15-17-29)23-25-33-27-28-34-26-24-32(22-16-18-30)20-14-12-10-8-6-4-2/h3-16,19-28H2,1-2H3. The third kappa shape index (κ3) is 24.0. The molecule has 0 aliphatic rings. The van der Waals surface area contributed by atoms with E-state index in [1.54, 1.807) is 0 Å². The lowest BCUT2D eigenvalue weighted by atomic mass is 10.1. The molecule has 0 amide bonds. The van der Waals surface area contributed by atoms with Crippen molar-refractivity contribution in [1.29, 1.82) is 10.5 Å². The van der Waals surface area contributed by atoms with E-state index >= 15 is 0 Å². The minimum absolute atomic E-state index is 0.583. The van der Waals surface area contributed by atoms with E-state index in [-0.39, 0.29) is 0 Å². The second kappa shape index (κ2) is 28.1.